The zero-order chi connectivity index (χ0) is 9.97. The van der Waals surface area contributed by atoms with Crippen molar-refractivity contribution in [3.05, 3.63) is 35.9 Å². The van der Waals surface area contributed by atoms with E-state index in [1.807, 2.05) is 30.3 Å². The Morgan fingerprint density at radius 3 is 2.64 bits per heavy atom. The average Bonchev–Trinajstić information content (AvgIpc) is 2.68. The van der Waals surface area contributed by atoms with Crippen LogP contribution in [0.5, 0.6) is 0 Å². The van der Waals surface area contributed by atoms with Crippen molar-refractivity contribution in [2.75, 3.05) is 6.54 Å². The molecule has 0 radical (unpaired) electrons. The van der Waals surface area contributed by atoms with Gasteiger partial charge in [0.25, 0.3) is 0 Å². The van der Waals surface area contributed by atoms with Gasteiger partial charge in [0, 0.05) is 18.9 Å². The highest BCUT2D eigenvalue weighted by Gasteiger charge is 2.23. The zero-order valence-corrected chi connectivity index (χ0v) is 7.68. The molecule has 0 bridgehead atoms. The third kappa shape index (κ3) is 1.66. The second-order valence-electron chi connectivity index (χ2n) is 3.40. The van der Waals surface area contributed by atoms with Crippen molar-refractivity contribution >= 4 is 11.7 Å². The van der Waals surface area contributed by atoms with E-state index in [9.17, 15) is 4.79 Å². The molecule has 1 atom stereocenters. The Labute approximate surface area is 82.1 Å². The van der Waals surface area contributed by atoms with Gasteiger partial charge in [-0.25, -0.2) is 4.79 Å². The van der Waals surface area contributed by atoms with Crippen LogP contribution in [0.3, 0.4) is 0 Å². The summed E-state index contributed by atoms with van der Waals surface area (Å²) in [6, 6.07) is 9.93. The molecule has 1 heterocycles. The Balaban J connectivity index is 2.10. The van der Waals surface area contributed by atoms with Gasteiger partial charge in [-0.3, -0.25) is 4.99 Å². The first kappa shape index (κ1) is 8.94. The fourth-order valence-corrected chi connectivity index (χ4v) is 1.69. The Kier molecular flexibility index (Phi) is 2.31. The summed E-state index contributed by atoms with van der Waals surface area (Å²) in [4.78, 5) is 14.7. The minimum Gasteiger partial charge on any atom is -0.477 e. The molecule has 0 saturated heterocycles. The summed E-state index contributed by atoms with van der Waals surface area (Å²) in [6.07, 6.45) is 0.555. The van der Waals surface area contributed by atoms with Crippen LogP contribution in [0.2, 0.25) is 0 Å². The van der Waals surface area contributed by atoms with Crippen LogP contribution in [0.4, 0.5) is 0 Å². The van der Waals surface area contributed by atoms with Gasteiger partial charge in [0.1, 0.15) is 5.71 Å². The van der Waals surface area contributed by atoms with Crippen molar-refractivity contribution in [1.82, 2.24) is 0 Å². The molecule has 0 saturated carbocycles. The number of carboxylic acid groups (broad SMARTS) is 1. The van der Waals surface area contributed by atoms with Crippen LogP contribution < -0.4 is 0 Å². The standard InChI is InChI=1S/C11H11NO2/c13-11(14)10-6-9(7-12-10)8-4-2-1-3-5-8/h1-5,9H,6-7H2,(H,13,14). The van der Waals surface area contributed by atoms with Gasteiger partial charge in [0.05, 0.1) is 0 Å². The minimum absolute atomic E-state index is 0.252. The number of hydrogen-bond donors (Lipinski definition) is 1. The molecule has 1 N–H and O–H groups in total. The topological polar surface area (TPSA) is 49.7 Å². The van der Waals surface area contributed by atoms with Crippen LogP contribution in [0.25, 0.3) is 0 Å². The molecule has 2 rings (SSSR count). The number of benzene rings is 1. The molecule has 0 amide bonds. The maximum atomic E-state index is 10.6. The predicted molar refractivity (Wildman–Crippen MR) is 53.7 cm³/mol. The quantitative estimate of drug-likeness (QED) is 0.769. The van der Waals surface area contributed by atoms with E-state index in [1.165, 1.54) is 5.56 Å². The summed E-state index contributed by atoms with van der Waals surface area (Å²) < 4.78 is 0. The highest BCUT2D eigenvalue weighted by atomic mass is 16.4. The Morgan fingerprint density at radius 1 is 1.36 bits per heavy atom. The molecule has 0 spiro atoms. The number of carboxylic acids is 1. The van der Waals surface area contributed by atoms with Gasteiger partial charge in [-0.05, 0) is 5.56 Å². The highest BCUT2D eigenvalue weighted by molar-refractivity contribution is 6.36. The molecule has 0 aromatic heterocycles. The Hall–Kier alpha value is -1.64. The van der Waals surface area contributed by atoms with Crippen molar-refractivity contribution in [3.8, 4) is 0 Å². The first-order valence-electron chi connectivity index (χ1n) is 4.59. The number of rotatable bonds is 2. The van der Waals surface area contributed by atoms with E-state index < -0.39 is 5.97 Å². The van der Waals surface area contributed by atoms with Gasteiger partial charge < -0.3 is 5.11 Å². The Bertz CT molecular complexity index is 370. The van der Waals surface area contributed by atoms with Gasteiger partial charge in [-0.1, -0.05) is 30.3 Å². The van der Waals surface area contributed by atoms with Gasteiger partial charge in [-0.15, -0.1) is 0 Å². The third-order valence-electron chi connectivity index (χ3n) is 2.46. The molecule has 1 aromatic carbocycles. The fraction of sp³-hybridized carbons (Fsp3) is 0.273. The number of hydrogen-bond acceptors (Lipinski definition) is 2. The molecular weight excluding hydrogens is 178 g/mol. The summed E-state index contributed by atoms with van der Waals surface area (Å²) in [7, 11) is 0. The average molecular weight is 189 g/mol. The third-order valence-corrected chi connectivity index (χ3v) is 2.46. The van der Waals surface area contributed by atoms with Gasteiger partial charge in [0.2, 0.25) is 0 Å². The van der Waals surface area contributed by atoms with Crippen LogP contribution in [0, 0.1) is 0 Å². The molecule has 1 unspecified atom stereocenters. The van der Waals surface area contributed by atoms with E-state index >= 15 is 0 Å². The van der Waals surface area contributed by atoms with Crippen LogP contribution >= 0.6 is 0 Å². The summed E-state index contributed by atoms with van der Waals surface area (Å²) in [5.41, 5.74) is 1.48. The molecular formula is C11H11NO2. The van der Waals surface area contributed by atoms with Crippen molar-refractivity contribution in [2.24, 2.45) is 4.99 Å². The predicted octanol–water partition coefficient (Wildman–Crippen LogP) is 1.70. The second kappa shape index (κ2) is 3.62. The molecule has 1 aromatic rings. The monoisotopic (exact) mass is 189 g/mol. The zero-order valence-electron chi connectivity index (χ0n) is 7.68. The lowest BCUT2D eigenvalue weighted by atomic mass is 9.96. The number of carbonyl (C=O) groups is 1. The van der Waals surface area contributed by atoms with Gasteiger partial charge in [-0.2, -0.15) is 0 Å². The minimum atomic E-state index is -0.886. The summed E-state index contributed by atoms with van der Waals surface area (Å²) >= 11 is 0. The van der Waals surface area contributed by atoms with E-state index in [0.29, 0.717) is 18.7 Å². The molecule has 72 valence electrons. The van der Waals surface area contributed by atoms with Gasteiger partial charge >= 0.3 is 5.97 Å². The van der Waals surface area contributed by atoms with E-state index in [4.69, 9.17) is 5.11 Å². The van der Waals surface area contributed by atoms with Crippen LogP contribution in [-0.4, -0.2) is 23.3 Å². The lowest BCUT2D eigenvalue weighted by molar-refractivity contribution is -0.129. The van der Waals surface area contributed by atoms with Crippen molar-refractivity contribution in [1.29, 1.82) is 0 Å². The second-order valence-corrected chi connectivity index (χ2v) is 3.40. The molecule has 14 heavy (non-hydrogen) atoms. The molecule has 1 aliphatic heterocycles. The lowest BCUT2D eigenvalue weighted by Crippen LogP contribution is -2.11. The molecule has 0 fully saturated rings. The number of aliphatic carboxylic acids is 1. The van der Waals surface area contributed by atoms with E-state index in [2.05, 4.69) is 4.99 Å². The lowest BCUT2D eigenvalue weighted by Gasteiger charge is -2.07. The summed E-state index contributed by atoms with van der Waals surface area (Å²) in [6.45, 7) is 0.603. The molecule has 0 aliphatic carbocycles. The van der Waals surface area contributed by atoms with E-state index in [0.717, 1.165) is 0 Å². The maximum Gasteiger partial charge on any atom is 0.349 e. The van der Waals surface area contributed by atoms with Crippen LogP contribution in [0.1, 0.15) is 17.9 Å². The SMILES string of the molecule is O=C(O)C1=NCC(c2ccccc2)C1. The first-order valence-corrected chi connectivity index (χ1v) is 4.59. The number of nitrogens with zero attached hydrogens (tertiary/aromatic N) is 1. The van der Waals surface area contributed by atoms with Gasteiger partial charge in [0.15, 0.2) is 0 Å². The van der Waals surface area contributed by atoms with E-state index in [1.54, 1.807) is 0 Å². The fourth-order valence-electron chi connectivity index (χ4n) is 1.69. The summed E-state index contributed by atoms with van der Waals surface area (Å²) in [5, 5.41) is 8.75. The normalized spacial score (nSPS) is 20.6. The largest absolute Gasteiger partial charge is 0.477 e. The van der Waals surface area contributed by atoms with Crippen molar-refractivity contribution < 1.29 is 9.90 Å². The smallest absolute Gasteiger partial charge is 0.349 e. The molecule has 3 heteroatoms. The van der Waals surface area contributed by atoms with Crippen LogP contribution in [0.15, 0.2) is 35.3 Å². The molecule has 1 aliphatic rings. The first-order chi connectivity index (χ1) is 6.77. The highest BCUT2D eigenvalue weighted by Crippen LogP contribution is 2.25. The Morgan fingerprint density at radius 2 is 2.07 bits per heavy atom. The van der Waals surface area contributed by atoms with Crippen LogP contribution in [-0.2, 0) is 4.79 Å². The van der Waals surface area contributed by atoms with E-state index in [-0.39, 0.29) is 5.92 Å². The molecule has 3 nitrogen and oxygen atoms in total. The van der Waals surface area contributed by atoms with Crippen molar-refractivity contribution in [3.63, 3.8) is 0 Å². The summed E-state index contributed by atoms with van der Waals surface area (Å²) in [5.74, 6) is -0.634. The van der Waals surface area contributed by atoms with Crippen molar-refractivity contribution in [2.45, 2.75) is 12.3 Å². The number of aliphatic imine (C=N–C) groups is 1. The maximum absolute atomic E-state index is 10.6.